The van der Waals surface area contributed by atoms with E-state index in [1.807, 2.05) is 13.8 Å². The lowest BCUT2D eigenvalue weighted by atomic mass is 9.85. The number of primary amides is 1. The Morgan fingerprint density at radius 2 is 1.88 bits per heavy atom. The number of halogens is 1. The normalized spacial score (nSPS) is 13.7. The summed E-state index contributed by atoms with van der Waals surface area (Å²) < 4.78 is 15.8. The number of aromatic nitrogens is 5. The molecule has 1 aromatic carbocycles. The molecule has 0 saturated carbocycles. The first-order chi connectivity index (χ1) is 16.3. The van der Waals surface area contributed by atoms with E-state index in [4.69, 9.17) is 5.73 Å². The van der Waals surface area contributed by atoms with Gasteiger partial charge in [-0.25, -0.2) is 24.0 Å². The zero-order valence-corrected chi connectivity index (χ0v) is 19.3. The topological polar surface area (TPSA) is 129 Å². The van der Waals surface area contributed by atoms with E-state index in [-0.39, 0.29) is 35.6 Å². The Morgan fingerprint density at radius 1 is 1.15 bits per heavy atom. The Balaban J connectivity index is 0.00000133. The highest BCUT2D eigenvalue weighted by Gasteiger charge is 2.43. The third-order valence-electron chi connectivity index (χ3n) is 5.56. The number of nitrogens with zero attached hydrogens (tertiary/aromatic N) is 5. The molecule has 4 aromatic rings. The molecule has 0 radical (unpaired) electrons. The number of nitrogens with two attached hydrogens (primary N) is 1. The van der Waals surface area contributed by atoms with Crippen molar-refractivity contribution in [2.45, 2.75) is 39.7 Å². The first-order valence-electron chi connectivity index (χ1n) is 10.9. The minimum absolute atomic E-state index is 0.0472. The average molecular weight is 462 g/mol. The average Bonchev–Trinajstić information content (AvgIpc) is 3.30. The summed E-state index contributed by atoms with van der Waals surface area (Å²) in [4.78, 5) is 37.9. The summed E-state index contributed by atoms with van der Waals surface area (Å²) in [6.45, 7) is 7.48. The van der Waals surface area contributed by atoms with Crippen LogP contribution in [0.2, 0.25) is 0 Å². The second-order valence-corrected chi connectivity index (χ2v) is 8.04. The number of fused-ring (bicyclic) bond motifs is 2. The fraction of sp³-hybridized carbons (Fsp3) is 0.250. The molecule has 0 unspecified atom stereocenters. The number of nitrogens with one attached hydrogen (secondary N) is 1. The SMILES string of the molecule is CC.CC1(C)C(=O)Nc2nc(-c3nn(Cc4ccccc4F)c4ncccc34)nc(C(N)=O)c21. The van der Waals surface area contributed by atoms with Gasteiger partial charge in [0, 0.05) is 17.3 Å². The van der Waals surface area contributed by atoms with Crippen LogP contribution in [0, 0.1) is 5.82 Å². The Morgan fingerprint density at radius 3 is 2.59 bits per heavy atom. The molecular formula is C24H24FN7O2. The highest BCUT2D eigenvalue weighted by Crippen LogP contribution is 2.39. The van der Waals surface area contributed by atoms with Crippen LogP contribution in [-0.4, -0.2) is 36.5 Å². The number of carbonyl (C=O) groups excluding carboxylic acids is 2. The van der Waals surface area contributed by atoms with Crippen LogP contribution in [0.25, 0.3) is 22.6 Å². The molecule has 3 N–H and O–H groups in total. The maximum Gasteiger partial charge on any atom is 0.267 e. The van der Waals surface area contributed by atoms with E-state index in [0.717, 1.165) is 0 Å². The number of amides is 2. The largest absolute Gasteiger partial charge is 0.364 e. The summed E-state index contributed by atoms with van der Waals surface area (Å²) in [5, 5.41) is 7.89. The lowest BCUT2D eigenvalue weighted by molar-refractivity contribution is -0.119. The van der Waals surface area contributed by atoms with E-state index in [9.17, 15) is 14.0 Å². The van der Waals surface area contributed by atoms with Gasteiger partial charge in [0.05, 0.1) is 17.3 Å². The Kier molecular flexibility index (Phi) is 5.82. The summed E-state index contributed by atoms with van der Waals surface area (Å²) in [6.07, 6.45) is 1.60. The number of benzene rings is 1. The fourth-order valence-electron chi connectivity index (χ4n) is 3.88. The highest BCUT2D eigenvalue weighted by molar-refractivity contribution is 6.09. The van der Waals surface area contributed by atoms with E-state index in [2.05, 4.69) is 25.4 Å². The van der Waals surface area contributed by atoms with Crippen LogP contribution >= 0.6 is 0 Å². The molecule has 0 saturated heterocycles. The van der Waals surface area contributed by atoms with Gasteiger partial charge in [0.25, 0.3) is 5.91 Å². The smallest absolute Gasteiger partial charge is 0.267 e. The first kappa shape index (κ1) is 23.0. The minimum Gasteiger partial charge on any atom is -0.364 e. The maximum absolute atomic E-state index is 14.2. The second-order valence-electron chi connectivity index (χ2n) is 8.04. The van der Waals surface area contributed by atoms with Crippen molar-refractivity contribution in [2.75, 3.05) is 5.32 Å². The molecule has 0 atom stereocenters. The van der Waals surface area contributed by atoms with Crippen LogP contribution in [0.15, 0.2) is 42.6 Å². The van der Waals surface area contributed by atoms with Gasteiger partial charge in [0.2, 0.25) is 5.91 Å². The van der Waals surface area contributed by atoms with Crippen molar-refractivity contribution in [1.82, 2.24) is 24.7 Å². The molecule has 34 heavy (non-hydrogen) atoms. The van der Waals surface area contributed by atoms with Gasteiger partial charge >= 0.3 is 0 Å². The van der Waals surface area contributed by atoms with Crippen LogP contribution in [0.1, 0.15) is 49.3 Å². The van der Waals surface area contributed by atoms with Crippen LogP contribution in [0.5, 0.6) is 0 Å². The molecule has 1 aliphatic rings. The standard InChI is InChI=1S/C22H18FN7O2.C2H6/c1-22(2)14-16(17(24)31)26-19(27-18(14)28-21(22)32)15-12-7-5-9-25-20(12)30(29-15)10-11-6-3-4-8-13(11)23;1-2/h3-9H,10H2,1-2H3,(H2,24,31)(H,26,27,28,32);1-2H3. The first-order valence-corrected chi connectivity index (χ1v) is 10.9. The van der Waals surface area contributed by atoms with Crippen molar-refractivity contribution in [2.24, 2.45) is 5.73 Å². The third-order valence-corrected chi connectivity index (χ3v) is 5.56. The molecule has 0 fully saturated rings. The molecule has 3 aromatic heterocycles. The predicted octanol–water partition coefficient (Wildman–Crippen LogP) is 3.43. The van der Waals surface area contributed by atoms with E-state index >= 15 is 0 Å². The van der Waals surface area contributed by atoms with Crippen molar-refractivity contribution in [3.05, 3.63) is 65.2 Å². The number of hydrogen-bond acceptors (Lipinski definition) is 6. The van der Waals surface area contributed by atoms with Gasteiger partial charge in [-0.3, -0.25) is 9.59 Å². The lowest BCUT2D eigenvalue weighted by Gasteiger charge is -2.16. The molecule has 174 valence electrons. The van der Waals surface area contributed by atoms with Crippen LogP contribution < -0.4 is 11.1 Å². The molecule has 1 aliphatic heterocycles. The molecule has 4 heterocycles. The molecule has 10 heteroatoms. The summed E-state index contributed by atoms with van der Waals surface area (Å²) >= 11 is 0. The number of hydrogen-bond donors (Lipinski definition) is 2. The summed E-state index contributed by atoms with van der Waals surface area (Å²) in [7, 11) is 0. The zero-order chi connectivity index (χ0) is 24.6. The Bertz CT molecular complexity index is 1430. The summed E-state index contributed by atoms with van der Waals surface area (Å²) in [6, 6.07) is 9.91. The second kappa shape index (κ2) is 8.62. The van der Waals surface area contributed by atoms with E-state index in [0.29, 0.717) is 27.9 Å². The lowest BCUT2D eigenvalue weighted by Crippen LogP contribution is -2.29. The van der Waals surface area contributed by atoms with Gasteiger partial charge in [-0.05, 0) is 32.0 Å². The van der Waals surface area contributed by atoms with Crippen molar-refractivity contribution in [3.63, 3.8) is 0 Å². The van der Waals surface area contributed by atoms with Crippen LogP contribution in [-0.2, 0) is 16.8 Å². The quantitative estimate of drug-likeness (QED) is 0.479. The molecule has 0 bridgehead atoms. The number of rotatable bonds is 4. The van der Waals surface area contributed by atoms with E-state index in [1.54, 1.807) is 55.1 Å². The summed E-state index contributed by atoms with van der Waals surface area (Å²) in [5.74, 6) is -1.11. The van der Waals surface area contributed by atoms with Gasteiger partial charge in [-0.15, -0.1) is 0 Å². The van der Waals surface area contributed by atoms with E-state index < -0.39 is 11.3 Å². The van der Waals surface area contributed by atoms with Gasteiger partial charge in [-0.1, -0.05) is 32.0 Å². The van der Waals surface area contributed by atoms with Crippen molar-refractivity contribution in [1.29, 1.82) is 0 Å². The zero-order valence-electron chi connectivity index (χ0n) is 19.3. The van der Waals surface area contributed by atoms with Crippen molar-refractivity contribution >= 4 is 28.7 Å². The van der Waals surface area contributed by atoms with Crippen LogP contribution in [0.4, 0.5) is 10.2 Å². The van der Waals surface area contributed by atoms with Gasteiger partial charge < -0.3 is 11.1 Å². The maximum atomic E-state index is 14.2. The molecule has 2 amide bonds. The molecule has 9 nitrogen and oxygen atoms in total. The number of carbonyl (C=O) groups is 2. The van der Waals surface area contributed by atoms with Gasteiger partial charge in [0.1, 0.15) is 23.0 Å². The van der Waals surface area contributed by atoms with Crippen molar-refractivity contribution < 1.29 is 14.0 Å². The molecule has 0 aliphatic carbocycles. The molecule has 5 rings (SSSR count). The monoisotopic (exact) mass is 461 g/mol. The van der Waals surface area contributed by atoms with Gasteiger partial charge in [0.15, 0.2) is 11.5 Å². The van der Waals surface area contributed by atoms with Gasteiger partial charge in [-0.2, -0.15) is 5.10 Å². The molecule has 0 spiro atoms. The van der Waals surface area contributed by atoms with E-state index in [1.165, 1.54) is 6.07 Å². The third kappa shape index (κ3) is 3.66. The number of anilines is 1. The van der Waals surface area contributed by atoms with Crippen molar-refractivity contribution in [3.8, 4) is 11.5 Å². The fourth-order valence-corrected chi connectivity index (χ4v) is 3.88. The minimum atomic E-state index is -1.01. The number of pyridine rings is 1. The predicted molar refractivity (Wildman–Crippen MR) is 126 cm³/mol. The Labute approximate surface area is 195 Å². The van der Waals surface area contributed by atoms with Crippen LogP contribution in [0.3, 0.4) is 0 Å². The molecular weight excluding hydrogens is 437 g/mol. The summed E-state index contributed by atoms with van der Waals surface area (Å²) in [5.41, 5.74) is 6.17. The highest BCUT2D eigenvalue weighted by atomic mass is 19.1. The Hall–Kier alpha value is -4.21.